The number of methoxy groups -OCH3 is 1. The minimum atomic E-state index is -0.348. The van der Waals surface area contributed by atoms with Gasteiger partial charge in [-0.3, -0.25) is 0 Å². The minimum Gasteiger partial charge on any atom is -0.495 e. The van der Waals surface area contributed by atoms with E-state index in [0.717, 1.165) is 12.8 Å². The van der Waals surface area contributed by atoms with Crippen molar-refractivity contribution in [3.8, 4) is 5.75 Å². The molecule has 2 aromatic rings. The number of hydrogen-bond acceptors (Lipinski definition) is 3. The monoisotopic (exact) mass is 272 g/mol. The van der Waals surface area contributed by atoms with Gasteiger partial charge in [-0.2, -0.15) is 0 Å². The van der Waals surface area contributed by atoms with Gasteiger partial charge in [0.2, 0.25) is 0 Å². The second-order valence-corrected chi connectivity index (χ2v) is 5.09. The summed E-state index contributed by atoms with van der Waals surface area (Å²) >= 11 is 0. The van der Waals surface area contributed by atoms with E-state index in [2.05, 4.69) is 17.4 Å². The van der Waals surface area contributed by atoms with E-state index in [-0.39, 0.29) is 11.9 Å². The lowest BCUT2D eigenvalue weighted by atomic mass is 10.1. The van der Waals surface area contributed by atoms with Crippen molar-refractivity contribution in [2.75, 3.05) is 18.2 Å². The van der Waals surface area contributed by atoms with Crippen LogP contribution in [-0.4, -0.2) is 13.2 Å². The first kappa shape index (κ1) is 12.8. The van der Waals surface area contributed by atoms with Gasteiger partial charge in [0.15, 0.2) is 0 Å². The molecule has 0 radical (unpaired) electrons. The van der Waals surface area contributed by atoms with Crippen LogP contribution in [0.1, 0.15) is 11.1 Å². The quantitative estimate of drug-likeness (QED) is 0.844. The van der Waals surface area contributed by atoms with Crippen LogP contribution in [-0.2, 0) is 12.8 Å². The Morgan fingerprint density at radius 1 is 1.20 bits per heavy atom. The molecule has 2 aromatic carbocycles. The fourth-order valence-corrected chi connectivity index (χ4v) is 2.74. The molecule has 0 saturated heterocycles. The van der Waals surface area contributed by atoms with Crippen molar-refractivity contribution >= 4 is 11.4 Å². The first-order chi connectivity index (χ1) is 9.67. The average Bonchev–Trinajstić information content (AvgIpc) is 2.84. The first-order valence-electron chi connectivity index (χ1n) is 6.63. The van der Waals surface area contributed by atoms with Crippen molar-refractivity contribution in [2.45, 2.75) is 18.9 Å². The SMILES string of the molecule is COc1cc(NC2Cc3ccccc3C2)c(F)cc1N. The third kappa shape index (κ3) is 2.29. The Balaban J connectivity index is 1.80. The summed E-state index contributed by atoms with van der Waals surface area (Å²) in [6, 6.07) is 11.4. The van der Waals surface area contributed by atoms with Crippen molar-refractivity contribution in [1.29, 1.82) is 0 Å². The summed E-state index contributed by atoms with van der Waals surface area (Å²) in [4.78, 5) is 0. The van der Waals surface area contributed by atoms with E-state index < -0.39 is 0 Å². The summed E-state index contributed by atoms with van der Waals surface area (Å²) in [6.07, 6.45) is 1.81. The summed E-state index contributed by atoms with van der Waals surface area (Å²) in [5.74, 6) is 0.142. The molecule has 0 bridgehead atoms. The Morgan fingerprint density at radius 2 is 1.85 bits per heavy atom. The third-order valence-corrected chi connectivity index (χ3v) is 3.73. The number of halogens is 1. The Morgan fingerprint density at radius 3 is 2.45 bits per heavy atom. The lowest BCUT2D eigenvalue weighted by Crippen LogP contribution is -2.20. The van der Waals surface area contributed by atoms with Crippen LogP contribution in [0.25, 0.3) is 0 Å². The van der Waals surface area contributed by atoms with Gasteiger partial charge in [-0.05, 0) is 24.0 Å². The maximum absolute atomic E-state index is 14.0. The van der Waals surface area contributed by atoms with Crippen molar-refractivity contribution in [1.82, 2.24) is 0 Å². The van der Waals surface area contributed by atoms with E-state index in [0.29, 0.717) is 17.1 Å². The fraction of sp³-hybridized carbons (Fsp3) is 0.250. The number of rotatable bonds is 3. The Hall–Kier alpha value is -2.23. The van der Waals surface area contributed by atoms with Crippen LogP contribution < -0.4 is 15.8 Å². The predicted molar refractivity (Wildman–Crippen MR) is 78.6 cm³/mol. The van der Waals surface area contributed by atoms with Crippen molar-refractivity contribution in [3.63, 3.8) is 0 Å². The lowest BCUT2D eigenvalue weighted by Gasteiger charge is -2.16. The largest absolute Gasteiger partial charge is 0.495 e. The van der Waals surface area contributed by atoms with Crippen molar-refractivity contribution < 1.29 is 9.13 Å². The van der Waals surface area contributed by atoms with Gasteiger partial charge < -0.3 is 15.8 Å². The van der Waals surface area contributed by atoms with E-state index in [1.165, 1.54) is 24.3 Å². The second kappa shape index (κ2) is 5.04. The van der Waals surface area contributed by atoms with Crippen LogP contribution >= 0.6 is 0 Å². The number of ether oxygens (including phenoxy) is 1. The smallest absolute Gasteiger partial charge is 0.148 e. The molecule has 0 aromatic heterocycles. The molecule has 0 unspecified atom stereocenters. The highest BCUT2D eigenvalue weighted by Gasteiger charge is 2.22. The second-order valence-electron chi connectivity index (χ2n) is 5.09. The predicted octanol–water partition coefficient (Wildman–Crippen LogP) is 3.00. The molecule has 104 valence electrons. The number of hydrogen-bond donors (Lipinski definition) is 2. The van der Waals surface area contributed by atoms with Gasteiger partial charge in [0.1, 0.15) is 11.6 Å². The van der Waals surface area contributed by atoms with Gasteiger partial charge in [0.25, 0.3) is 0 Å². The first-order valence-corrected chi connectivity index (χ1v) is 6.63. The molecule has 3 rings (SSSR count). The molecular weight excluding hydrogens is 255 g/mol. The highest BCUT2D eigenvalue weighted by atomic mass is 19.1. The van der Waals surface area contributed by atoms with Gasteiger partial charge in [-0.1, -0.05) is 24.3 Å². The molecule has 0 atom stereocenters. The van der Waals surface area contributed by atoms with Crippen LogP contribution in [0.4, 0.5) is 15.8 Å². The van der Waals surface area contributed by atoms with Crippen molar-refractivity contribution in [2.24, 2.45) is 0 Å². The topological polar surface area (TPSA) is 47.3 Å². The molecule has 3 nitrogen and oxygen atoms in total. The van der Waals surface area contributed by atoms with Gasteiger partial charge in [0.05, 0.1) is 18.5 Å². The Labute approximate surface area is 117 Å². The van der Waals surface area contributed by atoms with Crippen LogP contribution in [0.5, 0.6) is 5.75 Å². The molecule has 0 amide bonds. The minimum absolute atomic E-state index is 0.204. The Bertz CT molecular complexity index is 617. The summed E-state index contributed by atoms with van der Waals surface area (Å²) < 4.78 is 19.1. The molecule has 0 fully saturated rings. The molecule has 20 heavy (non-hydrogen) atoms. The van der Waals surface area contributed by atoms with Crippen LogP contribution in [0, 0.1) is 5.82 Å². The van der Waals surface area contributed by atoms with Crippen LogP contribution in [0.3, 0.4) is 0 Å². The molecular formula is C16H17FN2O. The fourth-order valence-electron chi connectivity index (χ4n) is 2.74. The molecule has 0 spiro atoms. The van der Waals surface area contributed by atoms with Crippen molar-refractivity contribution in [3.05, 3.63) is 53.3 Å². The molecule has 3 N–H and O–H groups in total. The zero-order valence-corrected chi connectivity index (χ0v) is 11.3. The number of nitrogens with one attached hydrogen (secondary N) is 1. The summed E-state index contributed by atoms with van der Waals surface area (Å²) in [5.41, 5.74) is 9.09. The van der Waals surface area contributed by atoms with Gasteiger partial charge in [0, 0.05) is 18.2 Å². The lowest BCUT2D eigenvalue weighted by molar-refractivity contribution is 0.416. The van der Waals surface area contributed by atoms with E-state index >= 15 is 0 Å². The third-order valence-electron chi connectivity index (χ3n) is 3.73. The maximum Gasteiger partial charge on any atom is 0.148 e. The number of nitrogen functional groups attached to an aromatic ring is 1. The van der Waals surface area contributed by atoms with E-state index in [9.17, 15) is 4.39 Å². The normalized spacial score (nSPS) is 14.1. The highest BCUT2D eigenvalue weighted by molar-refractivity contribution is 5.62. The summed E-state index contributed by atoms with van der Waals surface area (Å²) in [6.45, 7) is 0. The molecule has 0 heterocycles. The highest BCUT2D eigenvalue weighted by Crippen LogP contribution is 2.31. The maximum atomic E-state index is 14.0. The standard InChI is InChI=1S/C16H17FN2O/c1-20-16-9-15(13(17)8-14(16)18)19-12-6-10-4-2-3-5-11(10)7-12/h2-5,8-9,12,19H,6-7,18H2,1H3. The molecule has 0 aliphatic heterocycles. The van der Waals surface area contributed by atoms with Gasteiger partial charge >= 0.3 is 0 Å². The number of fused-ring (bicyclic) bond motifs is 1. The van der Waals surface area contributed by atoms with E-state index in [1.54, 1.807) is 6.07 Å². The molecule has 1 aliphatic carbocycles. The summed E-state index contributed by atoms with van der Waals surface area (Å²) in [7, 11) is 1.53. The van der Waals surface area contributed by atoms with E-state index in [4.69, 9.17) is 10.5 Å². The zero-order chi connectivity index (χ0) is 14.1. The van der Waals surface area contributed by atoms with Crippen LogP contribution in [0.2, 0.25) is 0 Å². The number of nitrogens with two attached hydrogens (primary N) is 1. The zero-order valence-electron chi connectivity index (χ0n) is 11.3. The number of benzene rings is 2. The van der Waals surface area contributed by atoms with Gasteiger partial charge in [-0.25, -0.2) is 4.39 Å². The molecule has 4 heteroatoms. The Kier molecular flexibility index (Phi) is 3.22. The van der Waals surface area contributed by atoms with Gasteiger partial charge in [-0.15, -0.1) is 0 Å². The average molecular weight is 272 g/mol. The van der Waals surface area contributed by atoms with Crippen LogP contribution in [0.15, 0.2) is 36.4 Å². The summed E-state index contributed by atoms with van der Waals surface area (Å²) in [5, 5.41) is 3.25. The molecule has 0 saturated carbocycles. The number of anilines is 2. The molecule has 1 aliphatic rings. The van der Waals surface area contributed by atoms with E-state index in [1.807, 2.05) is 12.1 Å².